The second-order valence-corrected chi connectivity index (χ2v) is 10.5. The smallest absolute Gasteiger partial charge is 0.410 e. The van der Waals surface area contributed by atoms with Crippen molar-refractivity contribution in [2.45, 2.75) is 50.1 Å². The molecular formula is C30H24F5NO3. The average Bonchev–Trinajstić information content (AvgIpc) is 3.42. The molecule has 6 rings (SSSR count). The number of nitrogens with zero attached hydrogens (tertiary/aromatic N) is 1. The van der Waals surface area contributed by atoms with Gasteiger partial charge in [-0.05, 0) is 47.9 Å². The minimum atomic E-state index is -2.25. The molecule has 39 heavy (non-hydrogen) atoms. The molecule has 2 unspecified atom stereocenters. The van der Waals surface area contributed by atoms with E-state index in [1.54, 1.807) is 4.90 Å². The predicted octanol–water partition coefficient (Wildman–Crippen LogP) is 6.69. The van der Waals surface area contributed by atoms with Gasteiger partial charge in [-0.3, -0.25) is 4.79 Å². The molecule has 0 saturated carbocycles. The molecule has 3 aliphatic rings. The van der Waals surface area contributed by atoms with E-state index in [1.165, 1.54) is 0 Å². The molecule has 2 heterocycles. The fourth-order valence-electron chi connectivity index (χ4n) is 6.53. The Morgan fingerprint density at radius 1 is 0.744 bits per heavy atom. The predicted molar refractivity (Wildman–Crippen MR) is 131 cm³/mol. The molecule has 0 spiro atoms. The van der Waals surface area contributed by atoms with Gasteiger partial charge in [0.15, 0.2) is 23.3 Å². The van der Waals surface area contributed by atoms with Crippen molar-refractivity contribution in [2.24, 2.45) is 5.92 Å². The fourth-order valence-corrected chi connectivity index (χ4v) is 6.53. The van der Waals surface area contributed by atoms with E-state index < -0.39 is 58.9 Å². The third-order valence-corrected chi connectivity index (χ3v) is 8.39. The molecule has 202 valence electrons. The van der Waals surface area contributed by atoms with Gasteiger partial charge in [0, 0.05) is 35.9 Å². The highest BCUT2D eigenvalue weighted by Crippen LogP contribution is 2.45. The molecule has 3 aromatic carbocycles. The first-order chi connectivity index (χ1) is 18.8. The quantitative estimate of drug-likeness (QED) is 0.206. The van der Waals surface area contributed by atoms with E-state index in [0.29, 0.717) is 12.8 Å². The summed E-state index contributed by atoms with van der Waals surface area (Å²) in [6.07, 6.45) is 0.391. The number of rotatable bonds is 5. The van der Waals surface area contributed by atoms with E-state index >= 15 is 0 Å². The number of amides is 1. The Labute approximate surface area is 221 Å². The third kappa shape index (κ3) is 4.19. The summed E-state index contributed by atoms with van der Waals surface area (Å²) in [5.74, 6) is -11.7. The Morgan fingerprint density at radius 2 is 1.23 bits per heavy atom. The largest absolute Gasteiger partial charge is 0.448 e. The van der Waals surface area contributed by atoms with Crippen LogP contribution < -0.4 is 0 Å². The van der Waals surface area contributed by atoms with Crippen LogP contribution in [-0.2, 0) is 16.0 Å². The number of carbonyl (C=O) groups is 2. The van der Waals surface area contributed by atoms with E-state index in [0.717, 1.165) is 22.3 Å². The molecule has 3 aromatic rings. The van der Waals surface area contributed by atoms with Crippen LogP contribution >= 0.6 is 0 Å². The highest BCUT2D eigenvalue weighted by atomic mass is 19.2. The van der Waals surface area contributed by atoms with Gasteiger partial charge >= 0.3 is 6.09 Å². The summed E-state index contributed by atoms with van der Waals surface area (Å²) in [5.41, 5.74) is 3.28. The lowest BCUT2D eigenvalue weighted by Gasteiger charge is -2.37. The maximum Gasteiger partial charge on any atom is 0.410 e. The summed E-state index contributed by atoms with van der Waals surface area (Å²) in [4.78, 5) is 27.8. The normalized spacial score (nSPS) is 21.6. The van der Waals surface area contributed by atoms with Crippen LogP contribution in [0.4, 0.5) is 26.7 Å². The Hall–Kier alpha value is -3.75. The van der Waals surface area contributed by atoms with Gasteiger partial charge < -0.3 is 9.64 Å². The second kappa shape index (κ2) is 9.77. The van der Waals surface area contributed by atoms with Crippen molar-refractivity contribution >= 4 is 11.9 Å². The molecule has 0 radical (unpaired) electrons. The molecule has 1 amide bonds. The van der Waals surface area contributed by atoms with Crippen LogP contribution in [0, 0.1) is 35.0 Å². The molecule has 2 fully saturated rings. The number of ether oxygens (including phenoxy) is 1. The molecule has 2 saturated heterocycles. The van der Waals surface area contributed by atoms with Gasteiger partial charge in [-0.15, -0.1) is 0 Å². The van der Waals surface area contributed by atoms with Crippen molar-refractivity contribution < 1.29 is 36.3 Å². The van der Waals surface area contributed by atoms with Crippen LogP contribution in [0.15, 0.2) is 48.5 Å². The standard InChI is InChI=1S/C30H24F5NO3/c31-25-22(26(32)28(34)29(35)27(25)33)13-24(37)15-11-16-9-10-17(12-15)36(16)30(38)39-14-23-20-7-3-1-5-18(20)19-6-2-4-8-21(19)23/h1-8,15-17,23H,9-14H2. The van der Waals surface area contributed by atoms with E-state index in [4.69, 9.17) is 4.74 Å². The molecule has 2 aliphatic heterocycles. The van der Waals surface area contributed by atoms with Crippen LogP contribution in [-0.4, -0.2) is 35.5 Å². The lowest BCUT2D eigenvalue weighted by Crippen LogP contribution is -2.48. The Bertz CT molecular complexity index is 1400. The highest BCUT2D eigenvalue weighted by molar-refractivity contribution is 5.84. The van der Waals surface area contributed by atoms with Crippen molar-refractivity contribution in [1.29, 1.82) is 0 Å². The minimum absolute atomic E-state index is 0.0978. The van der Waals surface area contributed by atoms with Gasteiger partial charge in [0.25, 0.3) is 0 Å². The topological polar surface area (TPSA) is 46.6 Å². The first-order valence-electron chi connectivity index (χ1n) is 12.9. The molecule has 0 N–H and O–H groups in total. The van der Waals surface area contributed by atoms with Crippen molar-refractivity contribution in [1.82, 2.24) is 4.90 Å². The van der Waals surface area contributed by atoms with Crippen LogP contribution in [0.1, 0.15) is 48.3 Å². The van der Waals surface area contributed by atoms with Gasteiger partial charge in [-0.25, -0.2) is 26.7 Å². The first-order valence-corrected chi connectivity index (χ1v) is 12.9. The number of halogens is 5. The molecule has 0 aromatic heterocycles. The zero-order valence-corrected chi connectivity index (χ0v) is 20.7. The monoisotopic (exact) mass is 541 g/mol. The number of piperidine rings is 1. The summed E-state index contributed by atoms with van der Waals surface area (Å²) in [6, 6.07) is 15.4. The zero-order valence-electron chi connectivity index (χ0n) is 20.7. The van der Waals surface area contributed by atoms with Crippen molar-refractivity contribution in [3.05, 3.63) is 94.3 Å². The van der Waals surface area contributed by atoms with E-state index in [1.807, 2.05) is 48.5 Å². The van der Waals surface area contributed by atoms with Crippen molar-refractivity contribution in [3.63, 3.8) is 0 Å². The number of ketones is 1. The van der Waals surface area contributed by atoms with E-state index in [9.17, 15) is 31.5 Å². The number of hydrogen-bond donors (Lipinski definition) is 0. The van der Waals surface area contributed by atoms with Gasteiger partial charge in [0.05, 0.1) is 0 Å². The number of hydrogen-bond acceptors (Lipinski definition) is 3. The Balaban J connectivity index is 1.13. The fraction of sp³-hybridized carbons (Fsp3) is 0.333. The SMILES string of the molecule is O=C(Cc1c(F)c(F)c(F)c(F)c1F)C1CC2CCC(C1)N2C(=O)OCC1c2ccccc2-c2ccccc21. The molecular weight excluding hydrogens is 517 g/mol. The van der Waals surface area contributed by atoms with Gasteiger partial charge in [0.1, 0.15) is 12.4 Å². The average molecular weight is 542 g/mol. The zero-order chi connectivity index (χ0) is 27.4. The lowest BCUT2D eigenvalue weighted by molar-refractivity contribution is -0.124. The van der Waals surface area contributed by atoms with Gasteiger partial charge in [0.2, 0.25) is 5.82 Å². The molecule has 2 bridgehead atoms. The molecule has 2 atom stereocenters. The summed E-state index contributed by atoms with van der Waals surface area (Å²) >= 11 is 0. The van der Waals surface area contributed by atoms with Crippen LogP contribution in [0.2, 0.25) is 0 Å². The summed E-state index contributed by atoms with van der Waals surface area (Å²) in [7, 11) is 0. The van der Waals surface area contributed by atoms with Gasteiger partial charge in [-0.1, -0.05) is 48.5 Å². The van der Waals surface area contributed by atoms with Crippen LogP contribution in [0.3, 0.4) is 0 Å². The summed E-state index contributed by atoms with van der Waals surface area (Å²) in [6.45, 7) is 0.158. The molecule has 9 heteroatoms. The summed E-state index contributed by atoms with van der Waals surface area (Å²) in [5, 5.41) is 0. The molecule has 1 aliphatic carbocycles. The van der Waals surface area contributed by atoms with Crippen molar-refractivity contribution in [3.8, 4) is 11.1 Å². The number of benzene rings is 3. The van der Waals surface area contributed by atoms with Crippen LogP contribution in [0.5, 0.6) is 0 Å². The van der Waals surface area contributed by atoms with Crippen LogP contribution in [0.25, 0.3) is 11.1 Å². The van der Waals surface area contributed by atoms with Crippen molar-refractivity contribution in [2.75, 3.05) is 6.61 Å². The minimum Gasteiger partial charge on any atom is -0.448 e. The Kier molecular flexibility index (Phi) is 6.40. The number of carbonyl (C=O) groups excluding carboxylic acids is 2. The maximum atomic E-state index is 14.1. The maximum absolute atomic E-state index is 14.1. The third-order valence-electron chi connectivity index (χ3n) is 8.39. The van der Waals surface area contributed by atoms with E-state index in [2.05, 4.69) is 0 Å². The number of fused-ring (bicyclic) bond motifs is 5. The van der Waals surface area contributed by atoms with E-state index in [-0.39, 0.29) is 37.5 Å². The number of Topliss-reactive ketones (excluding diaryl/α,β-unsaturated/α-hetero) is 1. The lowest BCUT2D eigenvalue weighted by atomic mass is 9.85. The first kappa shape index (κ1) is 25.5. The van der Waals surface area contributed by atoms with Gasteiger partial charge in [-0.2, -0.15) is 0 Å². The summed E-state index contributed by atoms with van der Waals surface area (Å²) < 4.78 is 74.6. The second-order valence-electron chi connectivity index (χ2n) is 10.5. The highest BCUT2D eigenvalue weighted by Gasteiger charge is 2.46. The molecule has 4 nitrogen and oxygen atoms in total. The Morgan fingerprint density at radius 3 is 1.77 bits per heavy atom.